The number of nitriles is 1. The lowest BCUT2D eigenvalue weighted by atomic mass is 9.70. The molecule has 2 fully saturated rings. The van der Waals surface area contributed by atoms with Gasteiger partial charge in [-0.1, -0.05) is 33.1 Å². The Kier molecular flexibility index (Phi) is 4.15. The van der Waals surface area contributed by atoms with E-state index in [2.05, 4.69) is 19.9 Å². The summed E-state index contributed by atoms with van der Waals surface area (Å²) in [6.07, 6.45) is 6.41. The Morgan fingerprint density at radius 1 is 1.42 bits per heavy atom. The van der Waals surface area contributed by atoms with Gasteiger partial charge < -0.3 is 10.6 Å². The second-order valence-corrected chi connectivity index (χ2v) is 6.67. The van der Waals surface area contributed by atoms with Gasteiger partial charge in [0, 0.05) is 6.54 Å². The molecule has 0 radical (unpaired) electrons. The fourth-order valence-electron chi connectivity index (χ4n) is 3.56. The van der Waals surface area contributed by atoms with E-state index in [4.69, 9.17) is 5.73 Å². The Hall–Kier alpha value is -1.08. The van der Waals surface area contributed by atoms with Crippen molar-refractivity contribution in [3.63, 3.8) is 0 Å². The molecule has 1 saturated carbocycles. The van der Waals surface area contributed by atoms with E-state index in [0.29, 0.717) is 12.5 Å². The summed E-state index contributed by atoms with van der Waals surface area (Å²) in [4.78, 5) is 14.3. The quantitative estimate of drug-likeness (QED) is 0.829. The molecule has 0 bridgehead atoms. The monoisotopic (exact) mass is 263 g/mol. The fraction of sp³-hybridized carbons (Fsp3) is 0.867. The zero-order chi connectivity index (χ0) is 14.0. The zero-order valence-electron chi connectivity index (χ0n) is 12.1. The number of rotatable bonds is 2. The first kappa shape index (κ1) is 14.3. The third kappa shape index (κ3) is 2.76. The van der Waals surface area contributed by atoms with Gasteiger partial charge in [-0.15, -0.1) is 0 Å². The average Bonchev–Trinajstić information content (AvgIpc) is 2.79. The molecule has 0 aromatic heterocycles. The van der Waals surface area contributed by atoms with Gasteiger partial charge in [-0.2, -0.15) is 5.26 Å². The van der Waals surface area contributed by atoms with Crippen molar-refractivity contribution >= 4 is 5.91 Å². The van der Waals surface area contributed by atoms with E-state index in [1.54, 1.807) is 4.90 Å². The first-order valence-corrected chi connectivity index (χ1v) is 7.43. The summed E-state index contributed by atoms with van der Waals surface area (Å²) >= 11 is 0. The topological polar surface area (TPSA) is 70.1 Å². The first-order valence-electron chi connectivity index (χ1n) is 7.43. The normalized spacial score (nSPS) is 31.8. The highest BCUT2D eigenvalue weighted by Gasteiger charge is 2.42. The van der Waals surface area contributed by atoms with Crippen LogP contribution in [-0.4, -0.2) is 29.4 Å². The van der Waals surface area contributed by atoms with Crippen LogP contribution in [0.1, 0.15) is 52.4 Å². The van der Waals surface area contributed by atoms with Gasteiger partial charge in [0.25, 0.3) is 0 Å². The molecule has 1 saturated heterocycles. The number of likely N-dealkylation sites (tertiary alicyclic amines) is 1. The highest BCUT2D eigenvalue weighted by molar-refractivity contribution is 5.83. The molecule has 19 heavy (non-hydrogen) atoms. The van der Waals surface area contributed by atoms with Gasteiger partial charge >= 0.3 is 0 Å². The minimum absolute atomic E-state index is 0.0136. The van der Waals surface area contributed by atoms with Crippen molar-refractivity contribution in [2.24, 2.45) is 17.1 Å². The molecular formula is C15H25N3O. The van der Waals surface area contributed by atoms with E-state index >= 15 is 0 Å². The van der Waals surface area contributed by atoms with Crippen LogP contribution < -0.4 is 5.73 Å². The maximum absolute atomic E-state index is 12.6. The molecule has 0 spiro atoms. The number of carbonyl (C=O) groups is 1. The largest absolute Gasteiger partial charge is 0.325 e. The number of carbonyl (C=O) groups excluding carboxylic acids is 1. The molecule has 3 atom stereocenters. The van der Waals surface area contributed by atoms with Gasteiger partial charge in [-0.05, 0) is 30.6 Å². The van der Waals surface area contributed by atoms with Crippen LogP contribution in [0.2, 0.25) is 0 Å². The molecule has 4 nitrogen and oxygen atoms in total. The maximum Gasteiger partial charge on any atom is 0.241 e. The molecule has 1 amide bonds. The van der Waals surface area contributed by atoms with Crippen molar-refractivity contribution < 1.29 is 4.79 Å². The molecule has 1 aliphatic carbocycles. The molecule has 106 valence electrons. The second-order valence-electron chi connectivity index (χ2n) is 6.67. The van der Waals surface area contributed by atoms with Crippen LogP contribution in [0.15, 0.2) is 0 Å². The van der Waals surface area contributed by atoms with Gasteiger partial charge in [-0.25, -0.2) is 0 Å². The Bertz CT molecular complexity index is 381. The summed E-state index contributed by atoms with van der Waals surface area (Å²) in [5, 5.41) is 9.17. The van der Waals surface area contributed by atoms with E-state index in [1.165, 1.54) is 6.42 Å². The lowest BCUT2D eigenvalue weighted by Crippen LogP contribution is -2.54. The Balaban J connectivity index is 2.08. The van der Waals surface area contributed by atoms with Crippen molar-refractivity contribution in [2.75, 3.05) is 6.54 Å². The standard InChI is InChI=1S/C15H25N3O/c1-11-8-12(9-16)18(10-11)14(19)13(17)15(2)6-4-3-5-7-15/h11-13H,3-8,10,17H2,1-2H3/t11-,12?,13?/m1/s1. The molecule has 1 aliphatic heterocycles. The van der Waals surface area contributed by atoms with Crippen LogP contribution in [0, 0.1) is 22.7 Å². The summed E-state index contributed by atoms with van der Waals surface area (Å²) < 4.78 is 0. The van der Waals surface area contributed by atoms with Crippen molar-refractivity contribution in [1.29, 1.82) is 5.26 Å². The van der Waals surface area contributed by atoms with Crippen molar-refractivity contribution in [2.45, 2.75) is 64.5 Å². The van der Waals surface area contributed by atoms with Crippen LogP contribution in [0.5, 0.6) is 0 Å². The number of amides is 1. The summed E-state index contributed by atoms with van der Waals surface area (Å²) in [5.74, 6) is 0.389. The lowest BCUT2D eigenvalue weighted by Gasteiger charge is -2.39. The summed E-state index contributed by atoms with van der Waals surface area (Å²) in [5.41, 5.74) is 6.19. The zero-order valence-corrected chi connectivity index (χ0v) is 12.1. The van der Waals surface area contributed by atoms with E-state index in [0.717, 1.165) is 32.1 Å². The van der Waals surface area contributed by atoms with Crippen LogP contribution in [-0.2, 0) is 4.79 Å². The Labute approximate surface area is 115 Å². The van der Waals surface area contributed by atoms with E-state index in [9.17, 15) is 10.1 Å². The highest BCUT2D eigenvalue weighted by Crippen LogP contribution is 2.39. The fourth-order valence-corrected chi connectivity index (χ4v) is 3.56. The number of nitrogens with zero attached hydrogens (tertiary/aromatic N) is 2. The molecule has 1 heterocycles. The average molecular weight is 263 g/mol. The summed E-state index contributed by atoms with van der Waals surface area (Å²) in [6.45, 7) is 4.90. The first-order chi connectivity index (χ1) is 8.98. The lowest BCUT2D eigenvalue weighted by molar-refractivity contribution is -0.136. The minimum atomic E-state index is -0.450. The van der Waals surface area contributed by atoms with Crippen LogP contribution in [0.3, 0.4) is 0 Å². The van der Waals surface area contributed by atoms with Crippen molar-refractivity contribution in [3.8, 4) is 6.07 Å². The Morgan fingerprint density at radius 2 is 2.05 bits per heavy atom. The molecule has 0 aromatic carbocycles. The van der Waals surface area contributed by atoms with E-state index in [1.807, 2.05) is 0 Å². The van der Waals surface area contributed by atoms with Crippen LogP contribution in [0.25, 0.3) is 0 Å². The van der Waals surface area contributed by atoms with Gasteiger partial charge in [0.05, 0.1) is 12.1 Å². The third-order valence-corrected chi connectivity index (χ3v) is 4.95. The molecule has 0 aromatic rings. The number of nitrogens with two attached hydrogens (primary N) is 1. The summed E-state index contributed by atoms with van der Waals surface area (Å²) in [6, 6.07) is 1.52. The third-order valence-electron chi connectivity index (χ3n) is 4.95. The predicted octanol–water partition coefficient (Wildman–Crippen LogP) is 2.04. The molecule has 4 heteroatoms. The molecule has 2 N–H and O–H groups in total. The maximum atomic E-state index is 12.6. The van der Waals surface area contributed by atoms with E-state index in [-0.39, 0.29) is 17.4 Å². The van der Waals surface area contributed by atoms with Gasteiger partial charge in [0.2, 0.25) is 5.91 Å². The number of hydrogen-bond acceptors (Lipinski definition) is 3. The molecular weight excluding hydrogens is 238 g/mol. The Morgan fingerprint density at radius 3 is 2.63 bits per heavy atom. The van der Waals surface area contributed by atoms with Gasteiger partial charge in [0.15, 0.2) is 0 Å². The highest BCUT2D eigenvalue weighted by atomic mass is 16.2. The van der Waals surface area contributed by atoms with Crippen LogP contribution in [0.4, 0.5) is 0 Å². The second kappa shape index (κ2) is 5.50. The molecule has 2 rings (SSSR count). The van der Waals surface area contributed by atoms with Gasteiger partial charge in [-0.3, -0.25) is 4.79 Å². The van der Waals surface area contributed by atoms with Crippen molar-refractivity contribution in [1.82, 2.24) is 4.90 Å². The predicted molar refractivity (Wildman–Crippen MR) is 74.1 cm³/mol. The van der Waals surface area contributed by atoms with Gasteiger partial charge in [0.1, 0.15) is 6.04 Å². The molecule has 2 unspecified atom stereocenters. The van der Waals surface area contributed by atoms with Crippen molar-refractivity contribution in [3.05, 3.63) is 0 Å². The SMILES string of the molecule is C[C@@H]1CC(C#N)N(C(=O)C(N)C2(C)CCCCC2)C1. The minimum Gasteiger partial charge on any atom is -0.325 e. The van der Waals surface area contributed by atoms with E-state index < -0.39 is 6.04 Å². The number of hydrogen-bond donors (Lipinski definition) is 1. The molecule has 2 aliphatic rings. The summed E-state index contributed by atoms with van der Waals surface area (Å²) in [7, 11) is 0. The smallest absolute Gasteiger partial charge is 0.241 e. The van der Waals surface area contributed by atoms with Crippen LogP contribution >= 0.6 is 0 Å².